The van der Waals surface area contributed by atoms with Gasteiger partial charge < -0.3 is 5.11 Å². The Balaban J connectivity index is 3.28. The van der Waals surface area contributed by atoms with Gasteiger partial charge in [0.2, 0.25) is 0 Å². The number of nitriles is 1. The lowest BCUT2D eigenvalue weighted by molar-refractivity contribution is 0.275. The second kappa shape index (κ2) is 3.65. The lowest BCUT2D eigenvalue weighted by Crippen LogP contribution is -1.91. The maximum Gasteiger partial charge on any atom is 0.130 e. The van der Waals surface area contributed by atoms with E-state index in [-0.39, 0.29) is 17.7 Å². The predicted octanol–water partition coefficient (Wildman–Crippen LogP) is 1.95. The Morgan fingerprint density at radius 2 is 2.25 bits per heavy atom. The van der Waals surface area contributed by atoms with Gasteiger partial charge >= 0.3 is 0 Å². The molecule has 0 radical (unpaired) electrons. The van der Waals surface area contributed by atoms with Crippen LogP contribution < -0.4 is 0 Å². The summed E-state index contributed by atoms with van der Waals surface area (Å²) in [4.78, 5) is 0. The van der Waals surface area contributed by atoms with E-state index in [1.807, 2.05) is 6.07 Å². The topological polar surface area (TPSA) is 44.0 Å². The van der Waals surface area contributed by atoms with Crippen LogP contribution in [0.15, 0.2) is 16.6 Å². The van der Waals surface area contributed by atoms with E-state index in [1.165, 1.54) is 6.07 Å². The van der Waals surface area contributed by atoms with Crippen LogP contribution in [0.2, 0.25) is 0 Å². The number of aliphatic hydroxyl groups is 1. The fourth-order valence-electron chi connectivity index (χ4n) is 0.795. The first-order valence-corrected chi connectivity index (χ1v) is 3.97. The third-order valence-corrected chi connectivity index (χ3v) is 2.08. The summed E-state index contributed by atoms with van der Waals surface area (Å²) in [5.41, 5.74) is 0.408. The van der Waals surface area contributed by atoms with E-state index >= 15 is 0 Å². The molecular weight excluding hydrogens is 225 g/mol. The molecule has 1 rings (SSSR count). The number of benzene rings is 1. The van der Waals surface area contributed by atoms with Crippen LogP contribution in [0, 0.1) is 17.1 Å². The molecule has 0 aliphatic heterocycles. The minimum absolute atomic E-state index is 0.181. The van der Waals surface area contributed by atoms with Crippen LogP contribution in [0.25, 0.3) is 0 Å². The zero-order valence-corrected chi connectivity index (χ0v) is 7.60. The van der Waals surface area contributed by atoms with Gasteiger partial charge in [-0.15, -0.1) is 0 Å². The van der Waals surface area contributed by atoms with Gasteiger partial charge in [0.05, 0.1) is 12.2 Å². The van der Waals surface area contributed by atoms with E-state index in [0.29, 0.717) is 4.47 Å². The van der Waals surface area contributed by atoms with Crippen molar-refractivity contribution in [2.45, 2.75) is 6.61 Å². The summed E-state index contributed by atoms with van der Waals surface area (Å²) in [6, 6.07) is 4.31. The van der Waals surface area contributed by atoms with Gasteiger partial charge in [-0.3, -0.25) is 0 Å². The molecule has 0 saturated heterocycles. The van der Waals surface area contributed by atoms with Crippen LogP contribution in [-0.2, 0) is 6.61 Å². The van der Waals surface area contributed by atoms with Crippen molar-refractivity contribution in [3.05, 3.63) is 33.5 Å². The Morgan fingerprint density at radius 1 is 1.58 bits per heavy atom. The molecule has 0 saturated carbocycles. The molecule has 0 aromatic heterocycles. The molecule has 12 heavy (non-hydrogen) atoms. The van der Waals surface area contributed by atoms with Crippen molar-refractivity contribution in [3.8, 4) is 6.07 Å². The van der Waals surface area contributed by atoms with Crippen LogP contribution in [-0.4, -0.2) is 5.11 Å². The number of hydrogen-bond donors (Lipinski definition) is 1. The van der Waals surface area contributed by atoms with E-state index in [2.05, 4.69) is 15.9 Å². The van der Waals surface area contributed by atoms with E-state index < -0.39 is 5.82 Å². The second-order valence-corrected chi connectivity index (χ2v) is 3.05. The monoisotopic (exact) mass is 229 g/mol. The SMILES string of the molecule is N#Cc1cc(F)c(CO)cc1Br. The van der Waals surface area contributed by atoms with E-state index in [4.69, 9.17) is 10.4 Å². The van der Waals surface area contributed by atoms with E-state index in [1.54, 1.807) is 0 Å². The minimum Gasteiger partial charge on any atom is -0.392 e. The molecule has 1 N–H and O–H groups in total. The molecule has 0 amide bonds. The molecule has 2 nitrogen and oxygen atoms in total. The van der Waals surface area contributed by atoms with Gasteiger partial charge in [-0.25, -0.2) is 4.39 Å². The summed E-state index contributed by atoms with van der Waals surface area (Å²) in [6.45, 7) is -0.365. The van der Waals surface area contributed by atoms with Crippen molar-refractivity contribution in [1.29, 1.82) is 5.26 Å². The van der Waals surface area contributed by atoms with Gasteiger partial charge in [-0.05, 0) is 28.1 Å². The van der Waals surface area contributed by atoms with Crippen LogP contribution in [0.3, 0.4) is 0 Å². The molecule has 1 aromatic rings. The number of halogens is 2. The highest BCUT2D eigenvalue weighted by atomic mass is 79.9. The highest BCUT2D eigenvalue weighted by Gasteiger charge is 2.06. The highest BCUT2D eigenvalue weighted by molar-refractivity contribution is 9.10. The maximum absolute atomic E-state index is 12.9. The number of aliphatic hydroxyl groups excluding tert-OH is 1. The van der Waals surface area contributed by atoms with Gasteiger partial charge in [0.25, 0.3) is 0 Å². The molecule has 0 spiro atoms. The van der Waals surface area contributed by atoms with Gasteiger partial charge in [0.15, 0.2) is 0 Å². The summed E-state index contributed by atoms with van der Waals surface area (Å²) < 4.78 is 13.4. The third kappa shape index (κ3) is 1.63. The molecular formula is C8H5BrFNO. The van der Waals surface area contributed by atoms with Crippen molar-refractivity contribution in [3.63, 3.8) is 0 Å². The summed E-state index contributed by atoms with van der Waals surface area (Å²) >= 11 is 3.08. The van der Waals surface area contributed by atoms with E-state index in [9.17, 15) is 4.39 Å². The van der Waals surface area contributed by atoms with Gasteiger partial charge in [-0.1, -0.05) is 0 Å². The molecule has 62 valence electrons. The number of nitrogens with zero attached hydrogens (tertiary/aromatic N) is 1. The van der Waals surface area contributed by atoms with Gasteiger partial charge in [0, 0.05) is 10.0 Å². The Hall–Kier alpha value is -0.920. The molecule has 0 heterocycles. The predicted molar refractivity (Wildman–Crippen MR) is 44.7 cm³/mol. The molecule has 0 fully saturated rings. The Kier molecular flexibility index (Phi) is 2.79. The van der Waals surface area contributed by atoms with Crippen LogP contribution in [0.4, 0.5) is 4.39 Å². The Bertz CT molecular complexity index is 345. The smallest absolute Gasteiger partial charge is 0.130 e. The summed E-state index contributed by atoms with van der Waals surface area (Å²) in [5, 5.41) is 17.2. The number of hydrogen-bond acceptors (Lipinski definition) is 2. The molecule has 0 bridgehead atoms. The fraction of sp³-hybridized carbons (Fsp3) is 0.125. The Morgan fingerprint density at radius 3 is 2.75 bits per heavy atom. The minimum atomic E-state index is -0.558. The Labute approximate surface area is 77.4 Å². The number of rotatable bonds is 1. The molecule has 1 aromatic carbocycles. The average molecular weight is 230 g/mol. The largest absolute Gasteiger partial charge is 0.392 e. The van der Waals surface area contributed by atoms with Crippen LogP contribution >= 0.6 is 15.9 Å². The first-order valence-electron chi connectivity index (χ1n) is 3.18. The summed E-state index contributed by atoms with van der Waals surface area (Å²) in [7, 11) is 0. The molecule has 0 aliphatic rings. The molecule has 0 atom stereocenters. The normalized spacial score (nSPS) is 9.50. The van der Waals surface area contributed by atoms with Crippen LogP contribution in [0.1, 0.15) is 11.1 Å². The van der Waals surface area contributed by atoms with E-state index in [0.717, 1.165) is 6.07 Å². The zero-order chi connectivity index (χ0) is 9.14. The summed E-state index contributed by atoms with van der Waals surface area (Å²) in [5.74, 6) is -0.558. The zero-order valence-electron chi connectivity index (χ0n) is 6.01. The average Bonchev–Trinajstić information content (AvgIpc) is 2.08. The van der Waals surface area contributed by atoms with Crippen molar-refractivity contribution in [2.24, 2.45) is 0 Å². The highest BCUT2D eigenvalue weighted by Crippen LogP contribution is 2.20. The van der Waals surface area contributed by atoms with Crippen molar-refractivity contribution >= 4 is 15.9 Å². The quantitative estimate of drug-likeness (QED) is 0.801. The molecule has 4 heteroatoms. The second-order valence-electron chi connectivity index (χ2n) is 2.19. The van der Waals surface area contributed by atoms with Crippen molar-refractivity contribution < 1.29 is 9.50 Å². The fourth-order valence-corrected chi connectivity index (χ4v) is 1.27. The third-order valence-electron chi connectivity index (χ3n) is 1.43. The summed E-state index contributed by atoms with van der Waals surface area (Å²) in [6.07, 6.45) is 0. The first-order chi connectivity index (χ1) is 5.69. The maximum atomic E-state index is 12.9. The van der Waals surface area contributed by atoms with Gasteiger partial charge in [0.1, 0.15) is 11.9 Å². The van der Waals surface area contributed by atoms with Crippen LogP contribution in [0.5, 0.6) is 0 Å². The van der Waals surface area contributed by atoms with Crippen molar-refractivity contribution in [1.82, 2.24) is 0 Å². The lowest BCUT2D eigenvalue weighted by atomic mass is 10.1. The molecule has 0 aliphatic carbocycles. The first kappa shape index (κ1) is 9.17. The molecule has 0 unspecified atom stereocenters. The lowest BCUT2D eigenvalue weighted by Gasteiger charge is -2.00. The van der Waals surface area contributed by atoms with Crippen molar-refractivity contribution in [2.75, 3.05) is 0 Å². The van der Waals surface area contributed by atoms with Gasteiger partial charge in [-0.2, -0.15) is 5.26 Å². The standard InChI is InChI=1S/C8H5BrFNO/c9-7-1-6(4-12)8(10)2-5(7)3-11/h1-2,12H,4H2.